The van der Waals surface area contributed by atoms with Crippen molar-refractivity contribution in [2.75, 3.05) is 6.61 Å². The van der Waals surface area contributed by atoms with Crippen molar-refractivity contribution in [1.29, 1.82) is 0 Å². The van der Waals surface area contributed by atoms with Gasteiger partial charge in [0.15, 0.2) is 0 Å². The van der Waals surface area contributed by atoms with E-state index in [1.54, 1.807) is 0 Å². The minimum atomic E-state index is -0.749. The van der Waals surface area contributed by atoms with Gasteiger partial charge in [-0.25, -0.2) is 0 Å². The first-order valence-electron chi connectivity index (χ1n) is 3.67. The monoisotopic (exact) mass is 160 g/mol. The molecule has 0 amide bonds. The smallest absolute Gasteiger partial charge is 0.305 e. The maximum absolute atomic E-state index is 10.4. The molecule has 4 nitrogen and oxygen atoms in total. The molecule has 1 fully saturated rings. The molecule has 1 heterocycles. The second-order valence-corrected chi connectivity index (χ2v) is 2.56. The van der Waals surface area contributed by atoms with Gasteiger partial charge in [0.1, 0.15) is 6.10 Å². The number of hydrogen-bond acceptors (Lipinski definition) is 4. The lowest BCUT2D eigenvalue weighted by atomic mass is 10.1. The number of rotatable bonds is 1. The topological polar surface area (TPSA) is 55.8 Å². The van der Waals surface area contributed by atoms with Crippen LogP contribution in [0.5, 0.6) is 0 Å². The molecule has 1 N–H and O–H groups in total. The molecule has 4 heteroatoms. The van der Waals surface area contributed by atoms with Crippen LogP contribution in [0.2, 0.25) is 0 Å². The molecule has 2 atom stereocenters. The van der Waals surface area contributed by atoms with Crippen LogP contribution in [0, 0.1) is 0 Å². The lowest BCUT2D eigenvalue weighted by Gasteiger charge is -2.26. The number of carbonyl (C=O) groups is 1. The van der Waals surface area contributed by atoms with Gasteiger partial charge >= 0.3 is 5.97 Å². The Morgan fingerprint density at radius 1 is 1.73 bits per heavy atom. The van der Waals surface area contributed by atoms with Crippen LogP contribution in [0.25, 0.3) is 0 Å². The van der Waals surface area contributed by atoms with Crippen LogP contribution in [0.15, 0.2) is 0 Å². The molecule has 1 aliphatic heterocycles. The van der Waals surface area contributed by atoms with Gasteiger partial charge in [-0.05, 0) is 12.8 Å². The summed E-state index contributed by atoms with van der Waals surface area (Å²) in [5.41, 5.74) is 0. The number of esters is 1. The molecule has 0 aliphatic carbocycles. The van der Waals surface area contributed by atoms with Gasteiger partial charge in [0.05, 0.1) is 6.61 Å². The highest BCUT2D eigenvalue weighted by molar-refractivity contribution is 5.66. The molecule has 64 valence electrons. The van der Waals surface area contributed by atoms with E-state index >= 15 is 0 Å². The van der Waals surface area contributed by atoms with Gasteiger partial charge in [-0.1, -0.05) is 0 Å². The quantitative estimate of drug-likeness (QED) is 0.550. The fraction of sp³-hybridized carbons (Fsp3) is 0.857. The van der Waals surface area contributed by atoms with Crippen LogP contribution in [0.1, 0.15) is 19.8 Å². The normalized spacial score (nSPS) is 31.5. The van der Waals surface area contributed by atoms with Crippen LogP contribution < -0.4 is 0 Å². The minimum absolute atomic E-state index is 0.420. The molecule has 1 rings (SSSR count). The van der Waals surface area contributed by atoms with E-state index in [1.165, 1.54) is 6.92 Å². The third-order valence-corrected chi connectivity index (χ3v) is 1.52. The second kappa shape index (κ2) is 3.69. The van der Waals surface area contributed by atoms with Crippen molar-refractivity contribution in [1.82, 2.24) is 0 Å². The number of ether oxygens (including phenoxy) is 2. The average Bonchev–Trinajstić information content (AvgIpc) is 1.93. The summed E-state index contributed by atoms with van der Waals surface area (Å²) in [6, 6.07) is 0. The molecule has 0 radical (unpaired) electrons. The SMILES string of the molecule is CC(=O)OC1OCCCC1O. The number of aliphatic hydroxyl groups excluding tert-OH is 1. The molecular formula is C7H12O4. The maximum atomic E-state index is 10.4. The van der Waals surface area contributed by atoms with Crippen LogP contribution in [-0.4, -0.2) is 30.1 Å². The van der Waals surface area contributed by atoms with Crippen molar-refractivity contribution in [3.8, 4) is 0 Å². The van der Waals surface area contributed by atoms with E-state index in [1.807, 2.05) is 0 Å². The van der Waals surface area contributed by atoms with E-state index in [-0.39, 0.29) is 0 Å². The van der Waals surface area contributed by atoms with E-state index in [2.05, 4.69) is 0 Å². The zero-order valence-corrected chi connectivity index (χ0v) is 6.45. The van der Waals surface area contributed by atoms with Crippen LogP contribution in [0.3, 0.4) is 0 Å². The first kappa shape index (κ1) is 8.49. The van der Waals surface area contributed by atoms with Crippen LogP contribution in [-0.2, 0) is 14.3 Å². The molecule has 0 aromatic carbocycles. The Morgan fingerprint density at radius 2 is 2.45 bits per heavy atom. The zero-order chi connectivity index (χ0) is 8.27. The maximum Gasteiger partial charge on any atom is 0.305 e. The van der Waals surface area contributed by atoms with E-state index in [0.717, 1.165) is 6.42 Å². The number of carbonyl (C=O) groups excluding carboxylic acids is 1. The molecule has 1 aliphatic rings. The van der Waals surface area contributed by atoms with Crippen molar-refractivity contribution in [2.24, 2.45) is 0 Å². The first-order valence-corrected chi connectivity index (χ1v) is 3.67. The van der Waals surface area contributed by atoms with Gasteiger partial charge in [0.2, 0.25) is 6.29 Å². The number of hydrogen-bond donors (Lipinski definition) is 1. The molecule has 0 aromatic heterocycles. The lowest BCUT2D eigenvalue weighted by molar-refractivity contribution is -0.214. The molecule has 0 saturated carbocycles. The van der Waals surface area contributed by atoms with Crippen molar-refractivity contribution >= 4 is 5.97 Å². The van der Waals surface area contributed by atoms with Crippen molar-refractivity contribution in [3.63, 3.8) is 0 Å². The summed E-state index contributed by atoms with van der Waals surface area (Å²) >= 11 is 0. The summed E-state index contributed by atoms with van der Waals surface area (Å²) < 4.78 is 9.70. The summed E-state index contributed by atoms with van der Waals surface area (Å²) in [4.78, 5) is 10.4. The average molecular weight is 160 g/mol. The van der Waals surface area contributed by atoms with Gasteiger partial charge in [0, 0.05) is 6.92 Å². The Balaban J connectivity index is 2.35. The molecule has 0 bridgehead atoms. The van der Waals surface area contributed by atoms with Gasteiger partial charge in [0.25, 0.3) is 0 Å². The number of aliphatic hydroxyl groups is 1. The fourth-order valence-electron chi connectivity index (χ4n) is 1.02. The molecule has 0 aromatic rings. The van der Waals surface area contributed by atoms with Crippen LogP contribution >= 0.6 is 0 Å². The summed E-state index contributed by atoms with van der Waals surface area (Å²) in [5, 5.41) is 9.22. The van der Waals surface area contributed by atoms with Crippen molar-refractivity contribution < 1.29 is 19.4 Å². The first-order chi connectivity index (χ1) is 5.20. The Kier molecular flexibility index (Phi) is 2.84. The largest absolute Gasteiger partial charge is 0.433 e. The Hall–Kier alpha value is -0.610. The summed E-state index contributed by atoms with van der Waals surface area (Å²) in [6.45, 7) is 1.85. The van der Waals surface area contributed by atoms with E-state index in [0.29, 0.717) is 13.0 Å². The Bertz CT molecular complexity index is 145. The fourth-order valence-corrected chi connectivity index (χ4v) is 1.02. The van der Waals surface area contributed by atoms with Crippen molar-refractivity contribution in [2.45, 2.75) is 32.2 Å². The van der Waals surface area contributed by atoms with E-state index in [9.17, 15) is 9.90 Å². The minimum Gasteiger partial charge on any atom is -0.433 e. The van der Waals surface area contributed by atoms with Crippen LogP contribution in [0.4, 0.5) is 0 Å². The molecule has 0 spiro atoms. The van der Waals surface area contributed by atoms with Gasteiger partial charge in [-0.3, -0.25) is 4.79 Å². The van der Waals surface area contributed by atoms with Gasteiger partial charge in [-0.2, -0.15) is 0 Å². The third-order valence-electron chi connectivity index (χ3n) is 1.52. The van der Waals surface area contributed by atoms with Gasteiger partial charge < -0.3 is 14.6 Å². The highest BCUT2D eigenvalue weighted by atomic mass is 16.7. The second-order valence-electron chi connectivity index (χ2n) is 2.56. The lowest BCUT2D eigenvalue weighted by Crippen LogP contribution is -2.37. The van der Waals surface area contributed by atoms with Crippen molar-refractivity contribution in [3.05, 3.63) is 0 Å². The zero-order valence-electron chi connectivity index (χ0n) is 6.45. The Labute approximate surface area is 65.1 Å². The van der Waals surface area contributed by atoms with E-state index < -0.39 is 18.4 Å². The Morgan fingerprint density at radius 3 is 3.00 bits per heavy atom. The van der Waals surface area contributed by atoms with E-state index in [4.69, 9.17) is 9.47 Å². The standard InChI is InChI=1S/C7H12O4/c1-5(8)11-7-6(9)3-2-4-10-7/h6-7,9H,2-4H2,1H3. The molecule has 2 unspecified atom stereocenters. The summed E-state index contributed by atoms with van der Waals surface area (Å²) in [6.07, 6.45) is 0.0468. The third kappa shape index (κ3) is 2.48. The van der Waals surface area contributed by atoms with Gasteiger partial charge in [-0.15, -0.1) is 0 Å². The highest BCUT2D eigenvalue weighted by Crippen LogP contribution is 2.14. The molecular weight excluding hydrogens is 148 g/mol. The summed E-state index contributed by atoms with van der Waals surface area (Å²) in [7, 11) is 0. The predicted molar refractivity (Wildman–Crippen MR) is 36.7 cm³/mol. The molecule has 1 saturated heterocycles. The summed E-state index contributed by atoms with van der Waals surface area (Å²) in [5.74, 6) is -0.420. The predicted octanol–water partition coefficient (Wildman–Crippen LogP) is 0.0469. The highest BCUT2D eigenvalue weighted by Gasteiger charge is 2.25. The molecule has 11 heavy (non-hydrogen) atoms.